The summed E-state index contributed by atoms with van der Waals surface area (Å²) >= 11 is 0. The molecule has 3 heteroatoms. The minimum absolute atomic E-state index is 0.388. The molecule has 0 amide bonds. The molecule has 1 aliphatic carbocycles. The van der Waals surface area contributed by atoms with Crippen LogP contribution >= 0.6 is 0 Å². The molecule has 3 atom stereocenters. The van der Waals surface area contributed by atoms with E-state index in [0.717, 1.165) is 23.4 Å². The van der Waals surface area contributed by atoms with E-state index in [1.165, 1.54) is 25.7 Å². The van der Waals surface area contributed by atoms with E-state index in [1.807, 2.05) is 26.2 Å². The van der Waals surface area contributed by atoms with E-state index < -0.39 is 0 Å². The van der Waals surface area contributed by atoms with E-state index in [1.54, 1.807) is 0 Å². The van der Waals surface area contributed by atoms with Crippen LogP contribution in [0, 0.1) is 18.8 Å². The monoisotopic (exact) mass is 233 g/mol. The number of hydrogen-bond acceptors (Lipinski definition) is 3. The first kappa shape index (κ1) is 12.5. The summed E-state index contributed by atoms with van der Waals surface area (Å²) < 4.78 is 0. The SMILES string of the molecule is CNC(c1ccnc(C)n1)C1CCCC(C)C1. The third-order valence-corrected chi connectivity index (χ3v) is 3.88. The predicted molar refractivity (Wildman–Crippen MR) is 69.7 cm³/mol. The van der Waals surface area contributed by atoms with Gasteiger partial charge in [0.2, 0.25) is 0 Å². The number of nitrogens with zero attached hydrogens (tertiary/aromatic N) is 2. The van der Waals surface area contributed by atoms with E-state index in [4.69, 9.17) is 0 Å². The molecule has 2 rings (SSSR count). The van der Waals surface area contributed by atoms with Gasteiger partial charge in [0, 0.05) is 6.20 Å². The van der Waals surface area contributed by atoms with E-state index in [2.05, 4.69) is 22.2 Å². The summed E-state index contributed by atoms with van der Waals surface area (Å²) in [5, 5.41) is 3.45. The lowest BCUT2D eigenvalue weighted by Crippen LogP contribution is -2.29. The molecule has 1 aromatic rings. The molecule has 1 heterocycles. The summed E-state index contributed by atoms with van der Waals surface area (Å²) in [4.78, 5) is 8.75. The second-order valence-corrected chi connectivity index (χ2v) is 5.33. The van der Waals surface area contributed by atoms with Crippen molar-refractivity contribution in [2.24, 2.45) is 11.8 Å². The maximum absolute atomic E-state index is 4.57. The zero-order valence-corrected chi connectivity index (χ0v) is 11.1. The van der Waals surface area contributed by atoms with Gasteiger partial charge in [0.15, 0.2) is 0 Å². The lowest BCUT2D eigenvalue weighted by atomic mass is 9.77. The summed E-state index contributed by atoms with van der Waals surface area (Å²) in [6, 6.07) is 2.44. The van der Waals surface area contributed by atoms with Crippen LogP contribution in [-0.2, 0) is 0 Å². The Morgan fingerprint density at radius 2 is 2.24 bits per heavy atom. The molecule has 1 saturated carbocycles. The minimum atomic E-state index is 0.388. The van der Waals surface area contributed by atoms with Crippen molar-refractivity contribution in [3.05, 3.63) is 23.8 Å². The highest BCUT2D eigenvalue weighted by Gasteiger charge is 2.27. The average Bonchev–Trinajstić information content (AvgIpc) is 2.30. The van der Waals surface area contributed by atoms with Gasteiger partial charge in [0.25, 0.3) is 0 Å². The molecule has 0 aromatic carbocycles. The van der Waals surface area contributed by atoms with Gasteiger partial charge in [-0.05, 0) is 44.7 Å². The predicted octanol–water partition coefficient (Wildman–Crippen LogP) is 2.87. The zero-order chi connectivity index (χ0) is 12.3. The van der Waals surface area contributed by atoms with Gasteiger partial charge in [-0.1, -0.05) is 19.8 Å². The Hall–Kier alpha value is -0.960. The van der Waals surface area contributed by atoms with Crippen molar-refractivity contribution in [1.29, 1.82) is 0 Å². The van der Waals surface area contributed by atoms with Crippen LogP contribution in [0.15, 0.2) is 12.3 Å². The molecule has 0 aliphatic heterocycles. The molecular formula is C14H23N3. The molecule has 0 saturated heterocycles. The quantitative estimate of drug-likeness (QED) is 0.872. The smallest absolute Gasteiger partial charge is 0.125 e. The molecule has 17 heavy (non-hydrogen) atoms. The molecular weight excluding hydrogens is 210 g/mol. The van der Waals surface area contributed by atoms with Gasteiger partial charge in [-0.25, -0.2) is 9.97 Å². The second kappa shape index (κ2) is 5.58. The van der Waals surface area contributed by atoms with E-state index in [-0.39, 0.29) is 0 Å². The maximum atomic E-state index is 4.57. The molecule has 0 bridgehead atoms. The van der Waals surface area contributed by atoms with Crippen LogP contribution in [0.25, 0.3) is 0 Å². The van der Waals surface area contributed by atoms with Crippen LogP contribution in [0.4, 0.5) is 0 Å². The summed E-state index contributed by atoms with van der Waals surface area (Å²) in [7, 11) is 2.04. The molecule has 1 N–H and O–H groups in total. The number of nitrogens with one attached hydrogen (secondary N) is 1. The Morgan fingerprint density at radius 3 is 2.88 bits per heavy atom. The van der Waals surface area contributed by atoms with E-state index in [0.29, 0.717) is 6.04 Å². The maximum Gasteiger partial charge on any atom is 0.125 e. The Kier molecular flexibility index (Phi) is 4.11. The largest absolute Gasteiger partial charge is 0.311 e. The fourth-order valence-corrected chi connectivity index (χ4v) is 3.06. The third-order valence-electron chi connectivity index (χ3n) is 3.88. The van der Waals surface area contributed by atoms with Gasteiger partial charge in [0.1, 0.15) is 5.82 Å². The van der Waals surface area contributed by atoms with Crippen molar-refractivity contribution in [2.45, 2.75) is 45.6 Å². The van der Waals surface area contributed by atoms with Crippen molar-refractivity contribution < 1.29 is 0 Å². The molecule has 3 nitrogen and oxygen atoms in total. The number of aromatic nitrogens is 2. The standard InChI is InChI=1S/C14H23N3/c1-10-5-4-6-12(9-10)14(15-3)13-7-8-16-11(2)17-13/h7-8,10,12,14-15H,4-6,9H2,1-3H3. The van der Waals surface area contributed by atoms with Gasteiger partial charge in [-0.2, -0.15) is 0 Å². The van der Waals surface area contributed by atoms with Gasteiger partial charge < -0.3 is 5.32 Å². The van der Waals surface area contributed by atoms with Gasteiger partial charge >= 0.3 is 0 Å². The fraction of sp³-hybridized carbons (Fsp3) is 0.714. The lowest BCUT2D eigenvalue weighted by Gasteiger charge is -2.32. The highest BCUT2D eigenvalue weighted by atomic mass is 15.0. The van der Waals surface area contributed by atoms with Crippen LogP contribution in [0.3, 0.4) is 0 Å². The molecule has 3 unspecified atom stereocenters. The van der Waals surface area contributed by atoms with Crippen molar-refractivity contribution in [3.8, 4) is 0 Å². The van der Waals surface area contributed by atoms with Crippen LogP contribution in [-0.4, -0.2) is 17.0 Å². The number of hydrogen-bond donors (Lipinski definition) is 1. The summed E-state index contributed by atoms with van der Waals surface area (Å²) in [5.74, 6) is 2.44. The topological polar surface area (TPSA) is 37.8 Å². The van der Waals surface area contributed by atoms with Crippen LogP contribution in [0.2, 0.25) is 0 Å². The van der Waals surface area contributed by atoms with Crippen LogP contribution < -0.4 is 5.32 Å². The van der Waals surface area contributed by atoms with Gasteiger partial charge in [-0.3, -0.25) is 0 Å². The van der Waals surface area contributed by atoms with Crippen LogP contribution in [0.5, 0.6) is 0 Å². The number of rotatable bonds is 3. The summed E-state index contributed by atoms with van der Waals surface area (Å²) in [6.45, 7) is 4.32. The molecule has 0 spiro atoms. The Bertz CT molecular complexity index is 364. The third kappa shape index (κ3) is 3.03. The number of aryl methyl sites for hydroxylation is 1. The highest BCUT2D eigenvalue weighted by molar-refractivity contribution is 5.09. The molecule has 0 radical (unpaired) electrons. The van der Waals surface area contributed by atoms with Crippen molar-refractivity contribution in [2.75, 3.05) is 7.05 Å². The molecule has 1 fully saturated rings. The zero-order valence-electron chi connectivity index (χ0n) is 11.1. The lowest BCUT2D eigenvalue weighted by molar-refractivity contribution is 0.227. The molecule has 94 valence electrons. The second-order valence-electron chi connectivity index (χ2n) is 5.33. The van der Waals surface area contributed by atoms with E-state index in [9.17, 15) is 0 Å². The Morgan fingerprint density at radius 1 is 1.41 bits per heavy atom. The van der Waals surface area contributed by atoms with Gasteiger partial charge in [0.05, 0.1) is 11.7 Å². The summed E-state index contributed by atoms with van der Waals surface area (Å²) in [5.41, 5.74) is 1.15. The first-order valence-electron chi connectivity index (χ1n) is 6.67. The van der Waals surface area contributed by atoms with Gasteiger partial charge in [-0.15, -0.1) is 0 Å². The van der Waals surface area contributed by atoms with Crippen molar-refractivity contribution >= 4 is 0 Å². The van der Waals surface area contributed by atoms with Crippen molar-refractivity contribution in [3.63, 3.8) is 0 Å². The normalized spacial score (nSPS) is 26.8. The minimum Gasteiger partial charge on any atom is -0.311 e. The highest BCUT2D eigenvalue weighted by Crippen LogP contribution is 2.36. The average molecular weight is 233 g/mol. The molecule has 1 aliphatic rings. The van der Waals surface area contributed by atoms with E-state index >= 15 is 0 Å². The first-order chi connectivity index (χ1) is 8.20. The molecule has 1 aromatic heterocycles. The first-order valence-corrected chi connectivity index (χ1v) is 6.67. The summed E-state index contributed by atoms with van der Waals surface area (Å²) in [6.07, 6.45) is 7.24. The van der Waals surface area contributed by atoms with Crippen molar-refractivity contribution in [1.82, 2.24) is 15.3 Å². The van der Waals surface area contributed by atoms with Crippen LogP contribution in [0.1, 0.15) is 50.2 Å². The fourth-order valence-electron chi connectivity index (χ4n) is 3.06. The Balaban J connectivity index is 2.15. The Labute approximate surface area is 104 Å².